The summed E-state index contributed by atoms with van der Waals surface area (Å²) < 4.78 is 0. The number of rotatable bonds is 7. The summed E-state index contributed by atoms with van der Waals surface area (Å²) in [5.74, 6) is 1.20. The molecule has 0 saturated carbocycles. The van der Waals surface area contributed by atoms with Gasteiger partial charge in [-0.05, 0) is 18.9 Å². The van der Waals surface area contributed by atoms with Crippen LogP contribution in [0.4, 0.5) is 0 Å². The zero-order valence-corrected chi connectivity index (χ0v) is 12.3. The van der Waals surface area contributed by atoms with Crippen LogP contribution in [0.15, 0.2) is 24.3 Å². The zero-order chi connectivity index (χ0) is 12.7. The number of halogens is 2. The van der Waals surface area contributed by atoms with E-state index in [1.165, 1.54) is 30.4 Å². The lowest BCUT2D eigenvalue weighted by molar-refractivity contribution is 0.461. The summed E-state index contributed by atoms with van der Waals surface area (Å²) in [4.78, 5) is 0. The second-order valence-corrected chi connectivity index (χ2v) is 5.41. The van der Waals surface area contributed by atoms with E-state index in [2.05, 4.69) is 38.1 Å². The number of unbranched alkanes of at least 4 members (excludes halogenated alkanes) is 2. The highest BCUT2D eigenvalue weighted by Gasteiger charge is 2.29. The van der Waals surface area contributed by atoms with Crippen molar-refractivity contribution in [3.63, 3.8) is 0 Å². The summed E-state index contributed by atoms with van der Waals surface area (Å²) in [6.07, 6.45) is 4.76. The summed E-state index contributed by atoms with van der Waals surface area (Å²) in [7, 11) is 0. The second kappa shape index (κ2) is 7.28. The molecule has 0 aliphatic rings. The predicted octanol–water partition coefficient (Wildman–Crippen LogP) is 5.29. The first-order valence-electron chi connectivity index (χ1n) is 6.37. The van der Waals surface area contributed by atoms with Crippen molar-refractivity contribution in [2.45, 2.75) is 44.9 Å². The van der Waals surface area contributed by atoms with Crippen molar-refractivity contribution in [3.8, 4) is 0 Å². The van der Waals surface area contributed by atoms with E-state index in [-0.39, 0.29) is 5.41 Å². The largest absolute Gasteiger partial charge is 0.126 e. The average molecular weight is 273 g/mol. The first-order chi connectivity index (χ1) is 8.18. The Labute approximate surface area is 115 Å². The molecule has 1 rings (SSSR count). The molecule has 0 unspecified atom stereocenters. The van der Waals surface area contributed by atoms with Crippen LogP contribution >= 0.6 is 23.2 Å². The summed E-state index contributed by atoms with van der Waals surface area (Å²) in [5.41, 5.74) is 2.51. The lowest BCUT2D eigenvalue weighted by Crippen LogP contribution is -2.30. The van der Waals surface area contributed by atoms with Crippen LogP contribution in [-0.2, 0) is 5.41 Å². The van der Waals surface area contributed by atoms with E-state index in [9.17, 15) is 0 Å². The molecule has 0 bridgehead atoms. The maximum Gasteiger partial charge on any atom is 0.0332 e. The quantitative estimate of drug-likeness (QED) is 0.467. The van der Waals surface area contributed by atoms with Crippen LogP contribution in [0.2, 0.25) is 0 Å². The molecule has 0 spiro atoms. The molecule has 0 radical (unpaired) electrons. The molecule has 0 nitrogen and oxygen atoms in total. The topological polar surface area (TPSA) is 0 Å². The Bertz CT molecular complexity index is 312. The van der Waals surface area contributed by atoms with E-state index in [0.29, 0.717) is 11.8 Å². The fraction of sp³-hybridized carbons (Fsp3) is 0.600. The fourth-order valence-corrected chi connectivity index (χ4v) is 2.95. The van der Waals surface area contributed by atoms with Crippen LogP contribution in [0.1, 0.15) is 43.7 Å². The summed E-state index contributed by atoms with van der Waals surface area (Å²) in [5, 5.41) is 0. The van der Waals surface area contributed by atoms with Gasteiger partial charge in [-0.2, -0.15) is 0 Å². The molecule has 0 aromatic heterocycles. The number of aryl methyl sites for hydroxylation is 1. The first kappa shape index (κ1) is 14.9. The van der Waals surface area contributed by atoms with Crippen molar-refractivity contribution in [2.24, 2.45) is 0 Å². The molecule has 0 aliphatic carbocycles. The summed E-state index contributed by atoms with van der Waals surface area (Å²) in [6.45, 7) is 4.32. The van der Waals surface area contributed by atoms with E-state index >= 15 is 0 Å². The van der Waals surface area contributed by atoms with Crippen molar-refractivity contribution in [1.82, 2.24) is 0 Å². The van der Waals surface area contributed by atoms with E-state index in [1.54, 1.807) is 0 Å². The Morgan fingerprint density at radius 3 is 2.06 bits per heavy atom. The molecule has 17 heavy (non-hydrogen) atoms. The Kier molecular flexibility index (Phi) is 6.37. The smallest absolute Gasteiger partial charge is 0.0332 e. The van der Waals surface area contributed by atoms with Gasteiger partial charge in [0, 0.05) is 17.2 Å². The molecule has 96 valence electrons. The van der Waals surface area contributed by atoms with Gasteiger partial charge in [0.25, 0.3) is 0 Å². The average Bonchev–Trinajstić information content (AvgIpc) is 2.37. The Hall–Kier alpha value is -0.200. The van der Waals surface area contributed by atoms with Gasteiger partial charge in [0.15, 0.2) is 0 Å². The van der Waals surface area contributed by atoms with Crippen LogP contribution in [-0.4, -0.2) is 11.8 Å². The maximum absolute atomic E-state index is 6.19. The zero-order valence-electron chi connectivity index (χ0n) is 10.8. The van der Waals surface area contributed by atoms with Crippen LogP contribution in [0, 0.1) is 6.92 Å². The Balaban J connectivity index is 2.85. The van der Waals surface area contributed by atoms with Gasteiger partial charge in [-0.25, -0.2) is 0 Å². The van der Waals surface area contributed by atoms with Crippen molar-refractivity contribution in [3.05, 3.63) is 35.4 Å². The van der Waals surface area contributed by atoms with Crippen molar-refractivity contribution in [2.75, 3.05) is 11.8 Å². The van der Waals surface area contributed by atoms with Gasteiger partial charge in [0.1, 0.15) is 0 Å². The van der Waals surface area contributed by atoms with Crippen molar-refractivity contribution >= 4 is 23.2 Å². The third kappa shape index (κ3) is 3.89. The normalized spacial score (nSPS) is 11.8. The van der Waals surface area contributed by atoms with Gasteiger partial charge in [-0.15, -0.1) is 23.2 Å². The van der Waals surface area contributed by atoms with Crippen LogP contribution in [0.3, 0.4) is 0 Å². The molecule has 0 fully saturated rings. The highest BCUT2D eigenvalue weighted by Crippen LogP contribution is 2.33. The fourth-order valence-electron chi connectivity index (χ4n) is 2.09. The lowest BCUT2D eigenvalue weighted by Gasteiger charge is -2.30. The predicted molar refractivity (Wildman–Crippen MR) is 78.4 cm³/mol. The van der Waals surface area contributed by atoms with E-state index in [0.717, 1.165) is 6.42 Å². The summed E-state index contributed by atoms with van der Waals surface area (Å²) in [6, 6.07) is 8.63. The molecule has 1 aromatic carbocycles. The van der Waals surface area contributed by atoms with E-state index in [1.807, 2.05) is 0 Å². The van der Waals surface area contributed by atoms with Gasteiger partial charge in [0.2, 0.25) is 0 Å². The SMILES string of the molecule is CCCCCC(CCl)(CCl)c1ccc(C)cc1. The number of benzene rings is 1. The Morgan fingerprint density at radius 1 is 1.00 bits per heavy atom. The van der Waals surface area contributed by atoms with Crippen LogP contribution in [0.25, 0.3) is 0 Å². The number of hydrogen-bond donors (Lipinski definition) is 0. The minimum Gasteiger partial charge on any atom is -0.126 e. The van der Waals surface area contributed by atoms with Gasteiger partial charge < -0.3 is 0 Å². The van der Waals surface area contributed by atoms with Gasteiger partial charge >= 0.3 is 0 Å². The molecule has 0 heterocycles. The highest BCUT2D eigenvalue weighted by molar-refractivity contribution is 6.22. The van der Waals surface area contributed by atoms with Crippen molar-refractivity contribution in [1.29, 1.82) is 0 Å². The number of hydrogen-bond acceptors (Lipinski definition) is 0. The summed E-state index contributed by atoms with van der Waals surface area (Å²) >= 11 is 12.4. The Morgan fingerprint density at radius 2 is 1.59 bits per heavy atom. The molecule has 0 N–H and O–H groups in total. The number of alkyl halides is 2. The van der Waals surface area contributed by atoms with Gasteiger partial charge in [0.05, 0.1) is 0 Å². The van der Waals surface area contributed by atoms with Gasteiger partial charge in [-0.3, -0.25) is 0 Å². The maximum atomic E-state index is 6.19. The molecule has 1 aromatic rings. The molecule has 0 aliphatic heterocycles. The second-order valence-electron chi connectivity index (χ2n) is 4.87. The van der Waals surface area contributed by atoms with E-state index in [4.69, 9.17) is 23.2 Å². The minimum atomic E-state index is -0.0496. The molecular weight excluding hydrogens is 251 g/mol. The van der Waals surface area contributed by atoms with E-state index < -0.39 is 0 Å². The van der Waals surface area contributed by atoms with Crippen LogP contribution < -0.4 is 0 Å². The van der Waals surface area contributed by atoms with Gasteiger partial charge in [-0.1, -0.05) is 56.0 Å². The lowest BCUT2D eigenvalue weighted by atomic mass is 9.79. The highest BCUT2D eigenvalue weighted by atomic mass is 35.5. The molecule has 0 atom stereocenters. The third-order valence-corrected chi connectivity index (χ3v) is 4.46. The molecule has 2 heteroatoms. The third-order valence-electron chi connectivity index (χ3n) is 3.43. The molecule has 0 saturated heterocycles. The monoisotopic (exact) mass is 272 g/mol. The molecular formula is C15H22Cl2. The minimum absolute atomic E-state index is 0.0496. The first-order valence-corrected chi connectivity index (χ1v) is 7.44. The van der Waals surface area contributed by atoms with Crippen LogP contribution in [0.5, 0.6) is 0 Å². The molecule has 0 amide bonds. The van der Waals surface area contributed by atoms with Crippen molar-refractivity contribution < 1.29 is 0 Å². The standard InChI is InChI=1S/C15H22Cl2/c1-3-4-5-10-15(11-16,12-17)14-8-6-13(2)7-9-14/h6-9H,3-5,10-12H2,1-2H3.